The molecule has 0 aliphatic carbocycles. The van der Waals surface area contributed by atoms with E-state index in [9.17, 15) is 8.42 Å². The highest BCUT2D eigenvalue weighted by Gasteiger charge is 2.21. The molecule has 0 aromatic heterocycles. The molecule has 2 fully saturated rings. The molecule has 2 aliphatic heterocycles. The van der Waals surface area contributed by atoms with Gasteiger partial charge in [-0.1, -0.05) is 6.42 Å². The fraction of sp³-hybridized carbons (Fsp3) is 1.00. The third kappa shape index (κ3) is 4.84. The van der Waals surface area contributed by atoms with Crippen LogP contribution >= 0.6 is 0 Å². The van der Waals surface area contributed by atoms with Crippen LogP contribution in [0.15, 0.2) is 0 Å². The summed E-state index contributed by atoms with van der Waals surface area (Å²) >= 11 is 0. The van der Waals surface area contributed by atoms with Crippen LogP contribution in [0.1, 0.15) is 32.1 Å². The van der Waals surface area contributed by atoms with Crippen LogP contribution in [0.5, 0.6) is 0 Å². The summed E-state index contributed by atoms with van der Waals surface area (Å²) in [4.78, 5) is 0. The summed E-state index contributed by atoms with van der Waals surface area (Å²) in [6.07, 6.45) is 5.21. The third-order valence-corrected chi connectivity index (χ3v) is 5.22. The van der Waals surface area contributed by atoms with E-state index in [0.717, 1.165) is 51.9 Å². The summed E-state index contributed by atoms with van der Waals surface area (Å²) in [5.41, 5.74) is 0. The first kappa shape index (κ1) is 14.2. The van der Waals surface area contributed by atoms with Crippen molar-refractivity contribution in [3.05, 3.63) is 0 Å². The highest BCUT2D eigenvalue weighted by molar-refractivity contribution is 7.89. The summed E-state index contributed by atoms with van der Waals surface area (Å²) in [6.45, 7) is 3.10. The zero-order valence-electron chi connectivity index (χ0n) is 10.9. The highest BCUT2D eigenvalue weighted by Crippen LogP contribution is 2.15. The minimum atomic E-state index is -3.13. The molecule has 2 saturated heterocycles. The van der Waals surface area contributed by atoms with Gasteiger partial charge in [-0.25, -0.2) is 13.1 Å². The molecule has 6 heteroatoms. The molecule has 5 nitrogen and oxygen atoms in total. The van der Waals surface area contributed by atoms with Gasteiger partial charge in [-0.15, -0.1) is 0 Å². The molecule has 0 spiro atoms. The molecule has 2 atom stereocenters. The van der Waals surface area contributed by atoms with Crippen LogP contribution in [0.25, 0.3) is 0 Å². The second-order valence-corrected chi connectivity index (χ2v) is 7.19. The van der Waals surface area contributed by atoms with Crippen molar-refractivity contribution in [2.75, 3.05) is 32.1 Å². The van der Waals surface area contributed by atoms with Crippen molar-refractivity contribution in [2.24, 2.45) is 5.92 Å². The molecule has 106 valence electrons. The first-order valence-corrected chi connectivity index (χ1v) is 8.59. The van der Waals surface area contributed by atoms with E-state index in [0.29, 0.717) is 12.5 Å². The second kappa shape index (κ2) is 6.84. The highest BCUT2D eigenvalue weighted by atomic mass is 32.2. The molecule has 0 bridgehead atoms. The van der Waals surface area contributed by atoms with E-state index < -0.39 is 10.0 Å². The smallest absolute Gasteiger partial charge is 0.213 e. The Labute approximate surface area is 110 Å². The van der Waals surface area contributed by atoms with E-state index in [-0.39, 0.29) is 11.8 Å². The molecule has 2 rings (SSSR count). The van der Waals surface area contributed by atoms with Gasteiger partial charge in [-0.05, 0) is 38.1 Å². The van der Waals surface area contributed by atoms with Gasteiger partial charge in [0.15, 0.2) is 0 Å². The predicted octanol–water partition coefficient (Wildman–Crippen LogP) is 0.475. The largest absolute Gasteiger partial charge is 0.381 e. The number of hydrogen-bond donors (Lipinski definition) is 2. The first-order valence-electron chi connectivity index (χ1n) is 6.94. The topological polar surface area (TPSA) is 67.4 Å². The predicted molar refractivity (Wildman–Crippen MR) is 71.0 cm³/mol. The van der Waals surface area contributed by atoms with Crippen molar-refractivity contribution >= 4 is 10.0 Å². The van der Waals surface area contributed by atoms with Crippen molar-refractivity contribution < 1.29 is 13.2 Å². The minimum absolute atomic E-state index is 0.131. The summed E-state index contributed by atoms with van der Waals surface area (Å²) in [5, 5.41) is 3.27. The summed E-state index contributed by atoms with van der Waals surface area (Å²) in [6, 6.07) is 0.131. The van der Waals surface area contributed by atoms with E-state index in [4.69, 9.17) is 4.74 Å². The Balaban J connectivity index is 1.66. The lowest BCUT2D eigenvalue weighted by molar-refractivity contribution is 0.184. The van der Waals surface area contributed by atoms with Gasteiger partial charge in [0.25, 0.3) is 0 Å². The average molecular weight is 276 g/mol. The Hall–Kier alpha value is -0.170. The Kier molecular flexibility index (Phi) is 5.41. The Morgan fingerprint density at radius 2 is 2.17 bits per heavy atom. The van der Waals surface area contributed by atoms with Gasteiger partial charge >= 0.3 is 0 Å². The second-order valence-electron chi connectivity index (χ2n) is 5.34. The fourth-order valence-corrected chi connectivity index (χ4v) is 3.98. The molecule has 0 aromatic carbocycles. The number of ether oxygens (including phenoxy) is 1. The lowest BCUT2D eigenvalue weighted by Crippen LogP contribution is -2.42. The van der Waals surface area contributed by atoms with E-state index in [2.05, 4.69) is 10.0 Å². The lowest BCUT2D eigenvalue weighted by Gasteiger charge is -2.23. The molecular formula is C12H24N2O3S. The van der Waals surface area contributed by atoms with E-state index in [1.165, 1.54) is 0 Å². The van der Waals surface area contributed by atoms with Gasteiger partial charge in [0.2, 0.25) is 10.0 Å². The maximum Gasteiger partial charge on any atom is 0.213 e. The molecule has 0 saturated carbocycles. The third-order valence-electron chi connectivity index (χ3n) is 3.73. The maximum absolute atomic E-state index is 11.9. The normalized spacial score (nSPS) is 29.6. The number of hydrogen-bond acceptors (Lipinski definition) is 4. The fourth-order valence-electron chi connectivity index (χ4n) is 2.62. The van der Waals surface area contributed by atoms with E-state index >= 15 is 0 Å². The molecule has 0 amide bonds. The molecule has 2 aliphatic rings. The van der Waals surface area contributed by atoms with Crippen LogP contribution in [-0.2, 0) is 14.8 Å². The van der Waals surface area contributed by atoms with E-state index in [1.807, 2.05) is 0 Å². The van der Waals surface area contributed by atoms with Gasteiger partial charge in [0, 0.05) is 25.8 Å². The number of piperidine rings is 1. The van der Waals surface area contributed by atoms with Crippen LogP contribution in [0.4, 0.5) is 0 Å². The molecule has 2 unspecified atom stereocenters. The number of rotatable bonds is 6. The molecule has 0 aromatic rings. The Morgan fingerprint density at radius 3 is 2.83 bits per heavy atom. The Morgan fingerprint density at radius 1 is 1.28 bits per heavy atom. The SMILES string of the molecule is O=S(=O)(CC1CCCCN1)NCCC1CCOC1. The number of sulfonamides is 1. The summed E-state index contributed by atoms with van der Waals surface area (Å²) in [5.74, 6) is 0.745. The van der Waals surface area contributed by atoms with Gasteiger partial charge < -0.3 is 10.1 Å². The van der Waals surface area contributed by atoms with Gasteiger partial charge in [0.1, 0.15) is 0 Å². The summed E-state index contributed by atoms with van der Waals surface area (Å²) in [7, 11) is -3.13. The monoisotopic (exact) mass is 276 g/mol. The quantitative estimate of drug-likeness (QED) is 0.740. The minimum Gasteiger partial charge on any atom is -0.381 e. The summed E-state index contributed by atoms with van der Waals surface area (Å²) < 4.78 is 31.8. The Bertz CT molecular complexity index is 333. The van der Waals surface area contributed by atoms with Crippen LogP contribution in [0, 0.1) is 5.92 Å². The zero-order chi connectivity index (χ0) is 12.8. The van der Waals surface area contributed by atoms with Crippen molar-refractivity contribution in [2.45, 2.75) is 38.1 Å². The van der Waals surface area contributed by atoms with E-state index in [1.54, 1.807) is 0 Å². The molecular weight excluding hydrogens is 252 g/mol. The van der Waals surface area contributed by atoms with Crippen LogP contribution in [0.2, 0.25) is 0 Å². The van der Waals surface area contributed by atoms with Crippen molar-refractivity contribution in [3.8, 4) is 0 Å². The number of nitrogens with one attached hydrogen (secondary N) is 2. The lowest BCUT2D eigenvalue weighted by atomic mass is 10.1. The molecule has 0 radical (unpaired) electrons. The molecule has 18 heavy (non-hydrogen) atoms. The van der Waals surface area contributed by atoms with Crippen LogP contribution in [-0.4, -0.2) is 46.5 Å². The molecule has 2 N–H and O–H groups in total. The zero-order valence-corrected chi connectivity index (χ0v) is 11.7. The first-order chi connectivity index (χ1) is 8.66. The van der Waals surface area contributed by atoms with Gasteiger partial charge in [0.05, 0.1) is 5.75 Å². The van der Waals surface area contributed by atoms with Gasteiger partial charge in [-0.2, -0.15) is 0 Å². The maximum atomic E-state index is 11.9. The van der Waals surface area contributed by atoms with Crippen molar-refractivity contribution in [1.29, 1.82) is 0 Å². The van der Waals surface area contributed by atoms with Crippen molar-refractivity contribution in [3.63, 3.8) is 0 Å². The standard InChI is InChI=1S/C12H24N2O3S/c15-18(16,10-12-3-1-2-6-13-12)14-7-4-11-5-8-17-9-11/h11-14H,1-10H2. The van der Waals surface area contributed by atoms with Crippen LogP contribution < -0.4 is 10.0 Å². The van der Waals surface area contributed by atoms with Crippen molar-refractivity contribution in [1.82, 2.24) is 10.0 Å². The average Bonchev–Trinajstić information content (AvgIpc) is 2.82. The van der Waals surface area contributed by atoms with Crippen LogP contribution in [0.3, 0.4) is 0 Å². The molecule has 2 heterocycles. The van der Waals surface area contributed by atoms with Gasteiger partial charge in [-0.3, -0.25) is 0 Å².